The molecule has 0 fully saturated rings. The van der Waals surface area contributed by atoms with Gasteiger partial charge in [-0.15, -0.1) is 0 Å². The minimum atomic E-state index is -0.555. The van der Waals surface area contributed by atoms with Crippen molar-refractivity contribution in [2.75, 3.05) is 7.11 Å². The maximum atomic E-state index is 14.1. The SMILES string of the molecule is COc1ccc(Cl)cc1-c1ncnc(CN)c1F. The fourth-order valence-electron chi connectivity index (χ4n) is 1.60. The van der Waals surface area contributed by atoms with E-state index in [9.17, 15) is 4.39 Å². The third kappa shape index (κ3) is 2.27. The van der Waals surface area contributed by atoms with Gasteiger partial charge in [-0.2, -0.15) is 0 Å². The van der Waals surface area contributed by atoms with Crippen molar-refractivity contribution in [1.82, 2.24) is 9.97 Å². The van der Waals surface area contributed by atoms with Crippen molar-refractivity contribution in [1.29, 1.82) is 0 Å². The monoisotopic (exact) mass is 267 g/mol. The first kappa shape index (κ1) is 12.7. The van der Waals surface area contributed by atoms with Crippen LogP contribution in [-0.4, -0.2) is 17.1 Å². The molecule has 0 unspecified atom stereocenters. The molecule has 0 saturated carbocycles. The van der Waals surface area contributed by atoms with Crippen molar-refractivity contribution in [3.05, 3.63) is 41.1 Å². The Bertz CT molecular complexity index is 577. The number of hydrogen-bond acceptors (Lipinski definition) is 4. The topological polar surface area (TPSA) is 61.0 Å². The number of halogens is 2. The number of hydrogen-bond donors (Lipinski definition) is 1. The highest BCUT2D eigenvalue weighted by Gasteiger charge is 2.16. The Morgan fingerprint density at radius 2 is 2.17 bits per heavy atom. The average molecular weight is 268 g/mol. The summed E-state index contributed by atoms with van der Waals surface area (Å²) in [6, 6.07) is 4.90. The number of aromatic nitrogens is 2. The van der Waals surface area contributed by atoms with Crippen LogP contribution in [0.5, 0.6) is 5.75 Å². The molecule has 0 atom stereocenters. The van der Waals surface area contributed by atoms with E-state index in [1.807, 2.05) is 0 Å². The summed E-state index contributed by atoms with van der Waals surface area (Å²) in [6.45, 7) is 0.00420. The lowest BCUT2D eigenvalue weighted by Crippen LogP contribution is -2.06. The molecule has 0 spiro atoms. The molecule has 2 aromatic rings. The van der Waals surface area contributed by atoms with Crippen LogP contribution in [0.4, 0.5) is 4.39 Å². The van der Waals surface area contributed by atoms with Crippen LogP contribution in [0, 0.1) is 5.82 Å². The molecule has 94 valence electrons. The van der Waals surface area contributed by atoms with Gasteiger partial charge in [-0.25, -0.2) is 14.4 Å². The molecule has 0 saturated heterocycles. The van der Waals surface area contributed by atoms with Gasteiger partial charge in [-0.05, 0) is 18.2 Å². The highest BCUT2D eigenvalue weighted by Crippen LogP contribution is 2.32. The fourth-order valence-corrected chi connectivity index (χ4v) is 1.77. The molecule has 2 N–H and O–H groups in total. The van der Waals surface area contributed by atoms with Crippen LogP contribution in [0.2, 0.25) is 5.02 Å². The molecule has 0 aliphatic carbocycles. The third-order valence-corrected chi connectivity index (χ3v) is 2.71. The Morgan fingerprint density at radius 3 is 2.83 bits per heavy atom. The van der Waals surface area contributed by atoms with E-state index in [-0.39, 0.29) is 17.9 Å². The number of methoxy groups -OCH3 is 1. The number of rotatable bonds is 3. The van der Waals surface area contributed by atoms with Crippen LogP contribution < -0.4 is 10.5 Å². The molecule has 2 rings (SSSR count). The van der Waals surface area contributed by atoms with Crippen LogP contribution in [-0.2, 0) is 6.54 Å². The number of nitrogens with two attached hydrogens (primary N) is 1. The summed E-state index contributed by atoms with van der Waals surface area (Å²) in [6.07, 6.45) is 1.26. The van der Waals surface area contributed by atoms with E-state index < -0.39 is 5.82 Å². The predicted molar refractivity (Wildman–Crippen MR) is 66.9 cm³/mol. The second-order valence-corrected chi connectivity index (χ2v) is 3.97. The first-order valence-electron chi connectivity index (χ1n) is 5.20. The molecular formula is C12H11ClFN3O. The summed E-state index contributed by atoms with van der Waals surface area (Å²) in [4.78, 5) is 7.70. The van der Waals surface area contributed by atoms with Gasteiger partial charge in [-0.1, -0.05) is 11.6 Å². The highest BCUT2D eigenvalue weighted by atomic mass is 35.5. The molecule has 1 aromatic heterocycles. The maximum absolute atomic E-state index is 14.1. The third-order valence-electron chi connectivity index (χ3n) is 2.47. The summed E-state index contributed by atoms with van der Waals surface area (Å²) in [5.41, 5.74) is 6.17. The van der Waals surface area contributed by atoms with Gasteiger partial charge in [-0.3, -0.25) is 0 Å². The zero-order valence-electron chi connectivity index (χ0n) is 9.65. The smallest absolute Gasteiger partial charge is 0.172 e. The van der Waals surface area contributed by atoms with Crippen molar-refractivity contribution in [3.8, 4) is 17.0 Å². The number of benzene rings is 1. The molecule has 18 heavy (non-hydrogen) atoms. The Balaban J connectivity index is 2.64. The molecule has 4 nitrogen and oxygen atoms in total. The standard InChI is InChI=1S/C12H11ClFN3O/c1-18-10-3-2-7(13)4-8(10)12-11(14)9(5-15)16-6-17-12/h2-4,6H,5,15H2,1H3. The largest absolute Gasteiger partial charge is 0.496 e. The molecule has 6 heteroatoms. The van der Waals surface area contributed by atoms with Gasteiger partial charge in [0.15, 0.2) is 5.82 Å². The van der Waals surface area contributed by atoms with Gasteiger partial charge in [0, 0.05) is 17.1 Å². The zero-order chi connectivity index (χ0) is 13.1. The lowest BCUT2D eigenvalue weighted by Gasteiger charge is -2.10. The van der Waals surface area contributed by atoms with E-state index in [1.165, 1.54) is 13.4 Å². The quantitative estimate of drug-likeness (QED) is 0.928. The van der Waals surface area contributed by atoms with Crippen LogP contribution >= 0.6 is 11.6 Å². The van der Waals surface area contributed by atoms with Crippen molar-refractivity contribution in [2.45, 2.75) is 6.54 Å². The summed E-state index contributed by atoms with van der Waals surface area (Å²) in [5, 5.41) is 0.470. The Labute approximate surface area is 109 Å². The van der Waals surface area contributed by atoms with E-state index >= 15 is 0 Å². The second kappa shape index (κ2) is 5.29. The van der Waals surface area contributed by atoms with Gasteiger partial charge in [0.25, 0.3) is 0 Å². The summed E-state index contributed by atoms with van der Waals surface area (Å²) in [5.74, 6) is -0.0689. The average Bonchev–Trinajstić information content (AvgIpc) is 2.39. The van der Waals surface area contributed by atoms with Gasteiger partial charge < -0.3 is 10.5 Å². The van der Waals surface area contributed by atoms with Crippen molar-refractivity contribution >= 4 is 11.6 Å². The van der Waals surface area contributed by atoms with Crippen LogP contribution in [0.1, 0.15) is 5.69 Å². The summed E-state index contributed by atoms with van der Waals surface area (Å²) < 4.78 is 19.3. The number of ether oxygens (including phenoxy) is 1. The van der Waals surface area contributed by atoms with E-state index in [2.05, 4.69) is 9.97 Å². The molecule has 0 bridgehead atoms. The van der Waals surface area contributed by atoms with Gasteiger partial charge in [0.05, 0.1) is 12.8 Å². The Kier molecular flexibility index (Phi) is 3.74. The van der Waals surface area contributed by atoms with Crippen LogP contribution in [0.25, 0.3) is 11.3 Å². The first-order chi connectivity index (χ1) is 8.67. The lowest BCUT2D eigenvalue weighted by molar-refractivity contribution is 0.416. The minimum Gasteiger partial charge on any atom is -0.496 e. The lowest BCUT2D eigenvalue weighted by atomic mass is 10.1. The molecule has 0 amide bonds. The number of nitrogens with zero attached hydrogens (tertiary/aromatic N) is 2. The maximum Gasteiger partial charge on any atom is 0.172 e. The normalized spacial score (nSPS) is 10.4. The predicted octanol–water partition coefficient (Wildman–Crippen LogP) is 2.40. The van der Waals surface area contributed by atoms with Gasteiger partial charge >= 0.3 is 0 Å². The molecule has 0 aliphatic rings. The first-order valence-corrected chi connectivity index (χ1v) is 5.58. The van der Waals surface area contributed by atoms with E-state index in [0.29, 0.717) is 16.3 Å². The van der Waals surface area contributed by atoms with E-state index in [4.69, 9.17) is 22.1 Å². The molecule has 0 radical (unpaired) electrons. The molecule has 1 heterocycles. The van der Waals surface area contributed by atoms with Crippen molar-refractivity contribution < 1.29 is 9.13 Å². The van der Waals surface area contributed by atoms with Crippen LogP contribution in [0.3, 0.4) is 0 Å². The molecule has 0 aliphatic heterocycles. The van der Waals surface area contributed by atoms with E-state index in [0.717, 1.165) is 0 Å². The van der Waals surface area contributed by atoms with Gasteiger partial charge in [0.2, 0.25) is 0 Å². The van der Waals surface area contributed by atoms with E-state index in [1.54, 1.807) is 18.2 Å². The fraction of sp³-hybridized carbons (Fsp3) is 0.167. The van der Waals surface area contributed by atoms with Crippen LogP contribution in [0.15, 0.2) is 24.5 Å². The second-order valence-electron chi connectivity index (χ2n) is 3.53. The van der Waals surface area contributed by atoms with Crippen molar-refractivity contribution in [3.63, 3.8) is 0 Å². The summed E-state index contributed by atoms with van der Waals surface area (Å²) >= 11 is 5.90. The van der Waals surface area contributed by atoms with Gasteiger partial charge in [0.1, 0.15) is 17.8 Å². The molecular weight excluding hydrogens is 257 g/mol. The molecule has 1 aromatic carbocycles. The zero-order valence-corrected chi connectivity index (χ0v) is 10.4. The van der Waals surface area contributed by atoms with Crippen molar-refractivity contribution in [2.24, 2.45) is 5.73 Å². The minimum absolute atomic E-state index is 0.00420. The summed E-state index contributed by atoms with van der Waals surface area (Å²) in [7, 11) is 1.50. The highest BCUT2D eigenvalue weighted by molar-refractivity contribution is 6.30. The Hall–Kier alpha value is -1.72. The Morgan fingerprint density at radius 1 is 1.39 bits per heavy atom.